The van der Waals surface area contributed by atoms with Crippen LogP contribution in [-0.2, 0) is 10.0 Å². The van der Waals surface area contributed by atoms with Crippen molar-refractivity contribution in [3.8, 4) is 0 Å². The number of hydrogen-bond donors (Lipinski definition) is 1. The molecule has 1 aromatic rings. The fraction of sp³-hybridized carbons (Fsp3) is 0.167. The van der Waals surface area contributed by atoms with Crippen LogP contribution in [-0.4, -0.2) is 13.4 Å². The van der Waals surface area contributed by atoms with Crippen molar-refractivity contribution in [2.75, 3.05) is 0 Å². The summed E-state index contributed by atoms with van der Waals surface area (Å²) in [7, 11) is -4.30. The predicted octanol–water partition coefficient (Wildman–Crippen LogP) is 1.41. The van der Waals surface area contributed by atoms with E-state index >= 15 is 0 Å². The van der Waals surface area contributed by atoms with Crippen molar-refractivity contribution < 1.29 is 21.6 Å². The van der Waals surface area contributed by atoms with Gasteiger partial charge in [0, 0.05) is 6.07 Å². The van der Waals surface area contributed by atoms with Crippen LogP contribution >= 0.6 is 22.6 Å². The molecule has 84 valence electrons. The van der Waals surface area contributed by atoms with E-state index < -0.39 is 36.6 Å². The summed E-state index contributed by atoms with van der Waals surface area (Å²) < 4.78 is 58.7. The van der Waals surface area contributed by atoms with Crippen LogP contribution in [0.1, 0.15) is 12.1 Å². The summed E-state index contributed by atoms with van der Waals surface area (Å²) in [4.78, 5) is 2.37. The van der Waals surface area contributed by atoms with E-state index in [4.69, 9.17) is 0 Å². The third-order valence-electron chi connectivity index (χ3n) is 1.41. The maximum atomic E-state index is 13.1. The van der Waals surface area contributed by atoms with Crippen molar-refractivity contribution in [1.82, 2.24) is 4.98 Å². The van der Waals surface area contributed by atoms with Gasteiger partial charge in [0.05, 0.1) is 0 Å². The van der Waals surface area contributed by atoms with Gasteiger partial charge in [-0.1, -0.05) is 0 Å². The second-order valence-electron chi connectivity index (χ2n) is 2.49. The third kappa shape index (κ3) is 2.78. The molecular weight excluding hydrogens is 348 g/mol. The van der Waals surface area contributed by atoms with Crippen LogP contribution < -0.4 is 5.14 Å². The summed E-state index contributed by atoms with van der Waals surface area (Å²) in [5.41, 5.74) is -0.829. The topological polar surface area (TPSA) is 73.1 Å². The number of sulfonamides is 1. The van der Waals surface area contributed by atoms with Crippen LogP contribution in [0.2, 0.25) is 0 Å². The summed E-state index contributed by atoms with van der Waals surface area (Å²) in [5.74, 6) is -1.33. The number of primary sulfonamides is 1. The zero-order valence-electron chi connectivity index (χ0n) is 6.92. The first-order valence-electron chi connectivity index (χ1n) is 3.40. The van der Waals surface area contributed by atoms with E-state index in [2.05, 4.69) is 10.1 Å². The molecule has 0 aliphatic rings. The van der Waals surface area contributed by atoms with E-state index in [9.17, 15) is 21.6 Å². The van der Waals surface area contributed by atoms with E-state index in [0.717, 1.165) is 0 Å². The molecule has 0 aromatic carbocycles. The van der Waals surface area contributed by atoms with Gasteiger partial charge in [0.25, 0.3) is 6.43 Å². The van der Waals surface area contributed by atoms with E-state index in [1.54, 1.807) is 0 Å². The van der Waals surface area contributed by atoms with Gasteiger partial charge in [-0.2, -0.15) is 0 Å². The van der Waals surface area contributed by atoms with Gasteiger partial charge >= 0.3 is 0 Å². The summed E-state index contributed by atoms with van der Waals surface area (Å²) in [6, 6.07) is 0.354. The molecule has 0 radical (unpaired) electrons. The summed E-state index contributed by atoms with van der Waals surface area (Å²) in [6.45, 7) is 0. The Labute approximate surface area is 96.9 Å². The molecule has 9 heteroatoms. The normalized spacial score (nSPS) is 12.1. The number of rotatable bonds is 2. The van der Waals surface area contributed by atoms with Gasteiger partial charge < -0.3 is 0 Å². The molecule has 0 unspecified atom stereocenters. The molecule has 0 amide bonds. The van der Waals surface area contributed by atoms with Crippen molar-refractivity contribution >= 4 is 32.6 Å². The Balaban J connectivity index is 3.48. The highest BCUT2D eigenvalue weighted by atomic mass is 127. The molecule has 0 saturated heterocycles. The third-order valence-corrected chi connectivity index (χ3v) is 3.52. The van der Waals surface area contributed by atoms with Crippen LogP contribution in [0, 0.1) is 9.52 Å². The number of nitrogens with two attached hydrogens (primary N) is 1. The van der Waals surface area contributed by atoms with Gasteiger partial charge in [0.1, 0.15) is 20.1 Å². The van der Waals surface area contributed by atoms with Crippen molar-refractivity contribution in [3.63, 3.8) is 0 Å². The Bertz CT molecular complexity index is 468. The first-order valence-corrected chi connectivity index (χ1v) is 6.03. The molecule has 1 aromatic heterocycles. The first-order chi connectivity index (χ1) is 6.73. The zero-order valence-corrected chi connectivity index (χ0v) is 9.89. The maximum Gasteiger partial charge on any atom is 0.280 e. The van der Waals surface area contributed by atoms with E-state index in [1.165, 1.54) is 22.6 Å². The molecule has 1 heterocycles. The molecular formula is C6H4F3IN2O2S. The molecule has 0 spiro atoms. The van der Waals surface area contributed by atoms with Crippen LogP contribution in [0.4, 0.5) is 13.2 Å². The molecule has 2 N–H and O–H groups in total. The average Bonchev–Trinajstić information content (AvgIpc) is 1.99. The van der Waals surface area contributed by atoms with Gasteiger partial charge in [0.15, 0.2) is 0 Å². The standard InChI is InChI=1S/C6H4F3IN2O2S/c7-2-1-3(5(8)9)12-6(10)4(2)15(11,13)14/h1,5H,(H2,11,13,14). The Kier molecular flexibility index (Phi) is 3.55. The smallest absolute Gasteiger partial charge is 0.239 e. The number of nitrogens with zero attached hydrogens (tertiary/aromatic N) is 1. The minimum Gasteiger partial charge on any atom is -0.239 e. The van der Waals surface area contributed by atoms with Crippen molar-refractivity contribution in [3.05, 3.63) is 21.3 Å². The maximum absolute atomic E-state index is 13.1. The monoisotopic (exact) mass is 352 g/mol. The predicted molar refractivity (Wildman–Crippen MR) is 53.2 cm³/mol. The van der Waals surface area contributed by atoms with E-state index in [1.807, 2.05) is 0 Å². The number of alkyl halides is 2. The molecule has 0 bridgehead atoms. The van der Waals surface area contributed by atoms with Gasteiger partial charge in [-0.3, -0.25) is 0 Å². The first kappa shape index (κ1) is 12.6. The van der Waals surface area contributed by atoms with Gasteiger partial charge in [0.2, 0.25) is 10.0 Å². The number of aromatic nitrogens is 1. The Morgan fingerprint density at radius 3 is 2.33 bits per heavy atom. The van der Waals surface area contributed by atoms with E-state index in [-0.39, 0.29) is 0 Å². The minimum atomic E-state index is -4.30. The molecule has 1 rings (SSSR count). The SMILES string of the molecule is NS(=O)(=O)c1c(F)cc(C(F)F)nc1I. The van der Waals surface area contributed by atoms with Crippen molar-refractivity contribution in [2.24, 2.45) is 5.14 Å². The summed E-state index contributed by atoms with van der Waals surface area (Å²) in [5, 5.41) is 4.68. The highest BCUT2D eigenvalue weighted by Crippen LogP contribution is 2.24. The number of halogens is 4. The Morgan fingerprint density at radius 1 is 1.47 bits per heavy atom. The quantitative estimate of drug-likeness (QED) is 0.646. The lowest BCUT2D eigenvalue weighted by molar-refractivity contribution is 0.145. The number of hydrogen-bond acceptors (Lipinski definition) is 3. The minimum absolute atomic E-state index is 0.354. The highest BCUT2D eigenvalue weighted by molar-refractivity contribution is 14.1. The Hall–Kier alpha value is -0.420. The molecule has 0 saturated carbocycles. The van der Waals surface area contributed by atoms with Crippen molar-refractivity contribution in [1.29, 1.82) is 0 Å². The van der Waals surface area contributed by atoms with Gasteiger partial charge in [-0.05, 0) is 22.6 Å². The van der Waals surface area contributed by atoms with Crippen LogP contribution in [0.3, 0.4) is 0 Å². The lowest BCUT2D eigenvalue weighted by Gasteiger charge is -2.05. The van der Waals surface area contributed by atoms with E-state index in [0.29, 0.717) is 6.07 Å². The van der Waals surface area contributed by atoms with Crippen LogP contribution in [0.25, 0.3) is 0 Å². The largest absolute Gasteiger partial charge is 0.280 e. The fourth-order valence-corrected chi connectivity index (χ4v) is 2.92. The zero-order chi connectivity index (χ0) is 11.8. The highest BCUT2D eigenvalue weighted by Gasteiger charge is 2.23. The lowest BCUT2D eigenvalue weighted by Crippen LogP contribution is -2.17. The van der Waals surface area contributed by atoms with Gasteiger partial charge in [-0.25, -0.2) is 31.7 Å². The molecule has 0 aliphatic carbocycles. The fourth-order valence-electron chi connectivity index (χ4n) is 0.855. The molecule has 0 aliphatic heterocycles. The molecule has 0 fully saturated rings. The molecule has 0 atom stereocenters. The summed E-state index contributed by atoms with van der Waals surface area (Å²) >= 11 is 1.33. The van der Waals surface area contributed by atoms with Crippen molar-refractivity contribution in [2.45, 2.75) is 11.3 Å². The van der Waals surface area contributed by atoms with Crippen LogP contribution in [0.5, 0.6) is 0 Å². The second kappa shape index (κ2) is 4.22. The second-order valence-corrected chi connectivity index (χ2v) is 5.01. The average molecular weight is 352 g/mol. The number of pyridine rings is 1. The molecule has 15 heavy (non-hydrogen) atoms. The van der Waals surface area contributed by atoms with Crippen LogP contribution in [0.15, 0.2) is 11.0 Å². The Morgan fingerprint density at radius 2 is 2.00 bits per heavy atom. The lowest BCUT2D eigenvalue weighted by atomic mass is 10.3. The van der Waals surface area contributed by atoms with Gasteiger partial charge in [-0.15, -0.1) is 0 Å². The summed E-state index contributed by atoms with van der Waals surface area (Å²) in [6.07, 6.45) is -2.97. The molecule has 4 nitrogen and oxygen atoms in total.